The fourth-order valence-electron chi connectivity index (χ4n) is 2.82. The minimum Gasteiger partial charge on any atom is -0.377 e. The number of nitrogens with zero attached hydrogens (tertiary/aromatic N) is 2. The first-order chi connectivity index (χ1) is 13.3. The largest absolute Gasteiger partial charge is 0.377 e. The van der Waals surface area contributed by atoms with Crippen molar-refractivity contribution in [3.63, 3.8) is 0 Å². The molecular weight excluding hydrogens is 376 g/mol. The van der Waals surface area contributed by atoms with E-state index in [9.17, 15) is 9.59 Å². The Morgan fingerprint density at radius 3 is 2.07 bits per heavy atom. The second-order valence-electron chi connectivity index (χ2n) is 6.65. The number of carbonyl (C=O) groups is 2. The molecule has 0 radical (unpaired) electrons. The van der Waals surface area contributed by atoms with Crippen LogP contribution in [0.4, 0.5) is 21.9 Å². The number of amides is 3. The minimum absolute atomic E-state index is 0.0666. The Kier molecular flexibility index (Phi) is 7.29. The zero-order chi connectivity index (χ0) is 20.8. The van der Waals surface area contributed by atoms with Crippen LogP contribution in [0.15, 0.2) is 36.4 Å². The van der Waals surface area contributed by atoms with Crippen LogP contribution in [-0.4, -0.2) is 44.0 Å². The third kappa shape index (κ3) is 5.16. The lowest BCUT2D eigenvalue weighted by Crippen LogP contribution is -2.32. The lowest BCUT2D eigenvalue weighted by molar-refractivity contribution is 0.0773. The Hall–Kier alpha value is -2.73. The lowest BCUT2D eigenvalue weighted by Gasteiger charge is -2.23. The number of halogens is 1. The average Bonchev–Trinajstić information content (AvgIpc) is 2.65. The molecular formula is C21H27ClN4O2. The van der Waals surface area contributed by atoms with Crippen LogP contribution in [0.5, 0.6) is 0 Å². The molecule has 0 aliphatic carbocycles. The van der Waals surface area contributed by atoms with Crippen LogP contribution in [0.1, 0.15) is 29.8 Å². The van der Waals surface area contributed by atoms with Gasteiger partial charge in [0.2, 0.25) is 0 Å². The predicted octanol–water partition coefficient (Wildman–Crippen LogP) is 4.84. The van der Waals surface area contributed by atoms with Crippen LogP contribution >= 0.6 is 11.6 Å². The molecule has 2 aromatic rings. The van der Waals surface area contributed by atoms with Crippen LogP contribution < -0.4 is 15.5 Å². The summed E-state index contributed by atoms with van der Waals surface area (Å²) in [5, 5.41) is 6.11. The van der Waals surface area contributed by atoms with Crippen molar-refractivity contribution in [3.8, 4) is 0 Å². The van der Waals surface area contributed by atoms with Crippen molar-refractivity contribution < 1.29 is 9.59 Å². The Morgan fingerprint density at radius 2 is 1.54 bits per heavy atom. The lowest BCUT2D eigenvalue weighted by atomic mass is 10.1. The van der Waals surface area contributed by atoms with E-state index in [-0.39, 0.29) is 5.91 Å². The maximum Gasteiger partial charge on any atom is 0.323 e. The molecule has 0 fully saturated rings. The number of hydrogen-bond donors (Lipinski definition) is 2. The molecule has 0 atom stereocenters. The molecule has 0 saturated carbocycles. The van der Waals surface area contributed by atoms with Gasteiger partial charge in [-0.25, -0.2) is 4.79 Å². The maximum absolute atomic E-state index is 12.9. The standard InChI is InChI=1S/C21H27ClN4O2/c1-6-26(7-2)20(27)17-12-15(10-11-19(17)25(4)5)23-21(28)24-16-9-8-14(3)18(22)13-16/h8-13H,6-7H2,1-5H3,(H2,23,24,28). The molecule has 7 heteroatoms. The van der Waals surface area contributed by atoms with Crippen molar-refractivity contribution in [1.29, 1.82) is 0 Å². The Balaban J connectivity index is 2.23. The van der Waals surface area contributed by atoms with Gasteiger partial charge in [-0.15, -0.1) is 0 Å². The summed E-state index contributed by atoms with van der Waals surface area (Å²) in [6.07, 6.45) is 0. The van der Waals surface area contributed by atoms with E-state index in [0.717, 1.165) is 11.3 Å². The van der Waals surface area contributed by atoms with Crippen LogP contribution in [0, 0.1) is 6.92 Å². The third-order valence-corrected chi connectivity index (χ3v) is 4.85. The Labute approximate surface area is 171 Å². The molecule has 2 N–H and O–H groups in total. The second-order valence-corrected chi connectivity index (χ2v) is 7.05. The summed E-state index contributed by atoms with van der Waals surface area (Å²) in [5.41, 5.74) is 3.42. The van der Waals surface area contributed by atoms with Gasteiger partial charge in [-0.05, 0) is 56.7 Å². The van der Waals surface area contributed by atoms with Gasteiger partial charge in [0.05, 0.1) is 5.56 Å². The number of aryl methyl sites for hydroxylation is 1. The molecule has 3 amide bonds. The maximum atomic E-state index is 12.9. The molecule has 0 heterocycles. The summed E-state index contributed by atoms with van der Waals surface area (Å²) in [7, 11) is 3.77. The van der Waals surface area contributed by atoms with Crippen LogP contribution in [0.3, 0.4) is 0 Å². The summed E-state index contributed by atoms with van der Waals surface area (Å²) in [4.78, 5) is 28.9. The topological polar surface area (TPSA) is 64.7 Å². The van der Waals surface area contributed by atoms with Crippen LogP contribution in [0.25, 0.3) is 0 Å². The van der Waals surface area contributed by atoms with Crippen molar-refractivity contribution in [3.05, 3.63) is 52.5 Å². The number of benzene rings is 2. The monoisotopic (exact) mass is 402 g/mol. The van der Waals surface area contributed by atoms with E-state index in [4.69, 9.17) is 11.6 Å². The summed E-state index contributed by atoms with van der Waals surface area (Å²) in [6.45, 7) is 7.02. The van der Waals surface area contributed by atoms with Crippen molar-refractivity contribution in [2.45, 2.75) is 20.8 Å². The molecule has 2 aromatic carbocycles. The first kappa shape index (κ1) is 21.6. The van der Waals surface area contributed by atoms with Crippen molar-refractivity contribution in [2.75, 3.05) is 42.7 Å². The van der Waals surface area contributed by atoms with Gasteiger partial charge >= 0.3 is 6.03 Å². The fraction of sp³-hybridized carbons (Fsp3) is 0.333. The first-order valence-corrected chi connectivity index (χ1v) is 9.59. The first-order valence-electron chi connectivity index (χ1n) is 9.21. The SMILES string of the molecule is CCN(CC)C(=O)c1cc(NC(=O)Nc2ccc(C)c(Cl)c2)ccc1N(C)C. The zero-order valence-corrected chi connectivity index (χ0v) is 17.7. The number of anilines is 3. The van der Waals surface area contributed by atoms with Crippen molar-refractivity contribution in [2.24, 2.45) is 0 Å². The molecule has 0 aliphatic rings. The fourth-order valence-corrected chi connectivity index (χ4v) is 3.00. The molecule has 150 valence electrons. The van der Waals surface area contributed by atoms with Gasteiger partial charge in [0.25, 0.3) is 5.91 Å². The molecule has 0 bridgehead atoms. The number of urea groups is 1. The molecule has 0 saturated heterocycles. The van der Waals surface area contributed by atoms with Gasteiger partial charge < -0.3 is 20.4 Å². The quantitative estimate of drug-likeness (QED) is 0.726. The van der Waals surface area contributed by atoms with E-state index < -0.39 is 6.03 Å². The van der Waals surface area contributed by atoms with Gasteiger partial charge in [0.1, 0.15) is 0 Å². The van der Waals surface area contributed by atoms with E-state index in [0.29, 0.717) is 35.1 Å². The highest BCUT2D eigenvalue weighted by molar-refractivity contribution is 6.31. The van der Waals surface area contributed by atoms with E-state index in [1.165, 1.54) is 0 Å². The second kappa shape index (κ2) is 9.46. The van der Waals surface area contributed by atoms with Gasteiger partial charge in [-0.1, -0.05) is 17.7 Å². The van der Waals surface area contributed by atoms with Gasteiger partial charge in [-0.2, -0.15) is 0 Å². The van der Waals surface area contributed by atoms with Gasteiger partial charge in [0, 0.05) is 49.3 Å². The van der Waals surface area contributed by atoms with E-state index in [1.807, 2.05) is 51.9 Å². The number of carbonyl (C=O) groups excluding carboxylic acids is 2. The molecule has 28 heavy (non-hydrogen) atoms. The smallest absolute Gasteiger partial charge is 0.323 e. The minimum atomic E-state index is -0.404. The predicted molar refractivity (Wildman–Crippen MR) is 117 cm³/mol. The van der Waals surface area contributed by atoms with Crippen LogP contribution in [-0.2, 0) is 0 Å². The summed E-state index contributed by atoms with van der Waals surface area (Å²) in [6, 6.07) is 10.2. The number of hydrogen-bond acceptors (Lipinski definition) is 3. The molecule has 0 spiro atoms. The highest BCUT2D eigenvalue weighted by Crippen LogP contribution is 2.25. The highest BCUT2D eigenvalue weighted by atomic mass is 35.5. The summed E-state index contributed by atoms with van der Waals surface area (Å²) >= 11 is 6.10. The normalized spacial score (nSPS) is 10.4. The summed E-state index contributed by atoms with van der Waals surface area (Å²) in [5.74, 6) is -0.0666. The molecule has 0 aliphatic heterocycles. The Bertz CT molecular complexity index is 863. The molecule has 2 rings (SSSR count). The number of rotatable bonds is 6. The molecule has 6 nitrogen and oxygen atoms in total. The molecule has 0 aromatic heterocycles. The van der Waals surface area contributed by atoms with Gasteiger partial charge in [-0.3, -0.25) is 4.79 Å². The van der Waals surface area contributed by atoms with Crippen molar-refractivity contribution in [1.82, 2.24) is 4.90 Å². The van der Waals surface area contributed by atoms with E-state index in [2.05, 4.69) is 10.6 Å². The molecule has 0 unspecified atom stereocenters. The van der Waals surface area contributed by atoms with E-state index in [1.54, 1.807) is 29.2 Å². The average molecular weight is 403 g/mol. The van der Waals surface area contributed by atoms with Crippen LogP contribution in [0.2, 0.25) is 5.02 Å². The number of nitrogens with one attached hydrogen (secondary N) is 2. The van der Waals surface area contributed by atoms with Crippen molar-refractivity contribution >= 4 is 40.6 Å². The Morgan fingerprint density at radius 1 is 0.964 bits per heavy atom. The highest BCUT2D eigenvalue weighted by Gasteiger charge is 2.19. The van der Waals surface area contributed by atoms with E-state index >= 15 is 0 Å². The third-order valence-electron chi connectivity index (χ3n) is 4.45. The zero-order valence-electron chi connectivity index (χ0n) is 17.0. The van der Waals surface area contributed by atoms with Gasteiger partial charge in [0.15, 0.2) is 0 Å². The summed E-state index contributed by atoms with van der Waals surface area (Å²) < 4.78 is 0.